The van der Waals surface area contributed by atoms with Crippen molar-refractivity contribution in [2.75, 3.05) is 0 Å². The van der Waals surface area contributed by atoms with E-state index in [4.69, 9.17) is 29.9 Å². The van der Waals surface area contributed by atoms with E-state index in [-0.39, 0.29) is 0 Å². The quantitative estimate of drug-likeness (QED) is 0.119. The number of aromatic nitrogens is 8. The number of nitrogens with zero attached hydrogens (tertiary/aromatic N) is 8. The van der Waals surface area contributed by atoms with E-state index in [9.17, 15) is 0 Å². The average molecular weight is 1180 g/mol. The van der Waals surface area contributed by atoms with Gasteiger partial charge in [-0.25, -0.2) is 29.9 Å². The first-order valence-electron chi connectivity index (χ1n) is 30.6. The van der Waals surface area contributed by atoms with Crippen LogP contribution in [0, 0.1) is 0 Å². The lowest BCUT2D eigenvalue weighted by Gasteiger charge is -2.13. The normalized spacial score (nSPS) is 11.0. The van der Waals surface area contributed by atoms with E-state index < -0.39 is 0 Å². The Balaban J connectivity index is 0.000000153. The molecule has 0 atom stereocenters. The number of benzene rings is 12. The Labute approximate surface area is 533 Å². The van der Waals surface area contributed by atoms with E-state index in [1.54, 1.807) is 0 Å². The minimum absolute atomic E-state index is 0.647. The van der Waals surface area contributed by atoms with Crippen molar-refractivity contribution >= 4 is 21.5 Å². The third kappa shape index (κ3) is 12.1. The third-order valence-corrected chi connectivity index (χ3v) is 16.4. The van der Waals surface area contributed by atoms with Crippen LogP contribution >= 0.6 is 0 Å². The predicted molar refractivity (Wildman–Crippen MR) is 375 cm³/mol. The standard InChI is InChI=1S/2C42H28N4/c1-3-11-32(12-4-1)40-44-41(33-13-5-2-6-14-33)46-42(45-40)34-24-20-30(21-25-34)36-27-26-35(37-15-7-8-16-38(36)37)29-18-22-31(23-19-29)39-17-9-10-28-43-39;1-3-9-33(10-4-1)40-44-41(34-11-5-2-6-12-34)46-42(45-40)35-22-16-30(17-23-35)37-25-19-31-18-24-36(27-38(31)28-37)29-14-20-32(21-15-29)39-13-7-8-26-43-39/h2*1-28H. The smallest absolute Gasteiger partial charge is 0.164 e. The molecule has 0 fully saturated rings. The highest BCUT2D eigenvalue weighted by Crippen LogP contribution is 2.38. The molecule has 0 unspecified atom stereocenters. The van der Waals surface area contributed by atoms with Gasteiger partial charge < -0.3 is 0 Å². The van der Waals surface area contributed by atoms with Crippen molar-refractivity contribution < 1.29 is 0 Å². The van der Waals surface area contributed by atoms with Gasteiger partial charge in [0, 0.05) is 56.9 Å². The zero-order chi connectivity index (χ0) is 61.4. The summed E-state index contributed by atoms with van der Waals surface area (Å²) < 4.78 is 0. The van der Waals surface area contributed by atoms with Gasteiger partial charge in [-0.3, -0.25) is 9.97 Å². The number of hydrogen-bond donors (Lipinski definition) is 0. The Morgan fingerprint density at radius 3 is 0.739 bits per heavy atom. The van der Waals surface area contributed by atoms with Crippen LogP contribution in [0.2, 0.25) is 0 Å². The molecule has 0 bridgehead atoms. The van der Waals surface area contributed by atoms with Crippen molar-refractivity contribution in [3.8, 4) is 135 Å². The van der Waals surface area contributed by atoms with E-state index in [0.717, 1.165) is 72.6 Å². The van der Waals surface area contributed by atoms with E-state index in [1.807, 2.05) is 170 Å². The van der Waals surface area contributed by atoms with Crippen LogP contribution in [0.25, 0.3) is 157 Å². The van der Waals surface area contributed by atoms with Gasteiger partial charge in [0.15, 0.2) is 34.9 Å². The molecule has 12 aromatic carbocycles. The van der Waals surface area contributed by atoms with Crippen LogP contribution in [0.1, 0.15) is 0 Å². The predicted octanol–water partition coefficient (Wildman–Crippen LogP) is 20.8. The molecule has 0 spiro atoms. The number of hydrogen-bond acceptors (Lipinski definition) is 8. The molecule has 4 heterocycles. The summed E-state index contributed by atoms with van der Waals surface area (Å²) >= 11 is 0. The highest BCUT2D eigenvalue weighted by Gasteiger charge is 2.17. The van der Waals surface area contributed by atoms with Gasteiger partial charge in [0.05, 0.1) is 11.4 Å². The van der Waals surface area contributed by atoms with Crippen LogP contribution in [0.4, 0.5) is 0 Å². The van der Waals surface area contributed by atoms with Gasteiger partial charge >= 0.3 is 0 Å². The monoisotopic (exact) mass is 1180 g/mol. The molecular formula is C84H56N8. The molecule has 16 rings (SSSR count). The SMILES string of the molecule is c1ccc(-c2nc(-c3ccccc3)nc(-c3ccc(-c4ccc(-c5ccc(-c6ccccn6)cc5)c5ccccc45)cc3)n2)cc1.c1ccc(-c2nc(-c3ccccc3)nc(-c3ccc(-c4ccc5ccc(-c6ccc(-c7ccccn7)cc6)cc5c4)cc3)n2)cc1. The van der Waals surface area contributed by atoms with Crippen molar-refractivity contribution in [1.29, 1.82) is 0 Å². The maximum absolute atomic E-state index is 4.90. The second-order valence-corrected chi connectivity index (χ2v) is 22.3. The van der Waals surface area contributed by atoms with Gasteiger partial charge in [0.1, 0.15) is 0 Å². The maximum atomic E-state index is 4.90. The minimum atomic E-state index is 0.647. The average Bonchev–Trinajstić information content (AvgIpc) is 1.04. The summed E-state index contributed by atoms with van der Waals surface area (Å²) in [5, 5.41) is 4.83. The summed E-state index contributed by atoms with van der Waals surface area (Å²) in [6, 6.07) is 113. The van der Waals surface area contributed by atoms with Crippen LogP contribution in [0.5, 0.6) is 0 Å². The molecule has 0 saturated heterocycles. The van der Waals surface area contributed by atoms with E-state index >= 15 is 0 Å². The fourth-order valence-electron chi connectivity index (χ4n) is 11.6. The minimum Gasteiger partial charge on any atom is -0.256 e. The molecule has 4 aromatic heterocycles. The van der Waals surface area contributed by atoms with Gasteiger partial charge in [0.2, 0.25) is 0 Å². The maximum Gasteiger partial charge on any atom is 0.164 e. The first kappa shape index (κ1) is 56.0. The van der Waals surface area contributed by atoms with Crippen molar-refractivity contribution in [2.24, 2.45) is 0 Å². The van der Waals surface area contributed by atoms with Crippen LogP contribution < -0.4 is 0 Å². The summed E-state index contributed by atoms with van der Waals surface area (Å²) in [6.07, 6.45) is 3.66. The topological polar surface area (TPSA) is 103 Å². The molecule has 92 heavy (non-hydrogen) atoms. The third-order valence-electron chi connectivity index (χ3n) is 16.4. The van der Waals surface area contributed by atoms with Crippen molar-refractivity contribution in [3.05, 3.63) is 340 Å². The zero-order valence-electron chi connectivity index (χ0n) is 49.9. The molecule has 16 aromatic rings. The molecule has 432 valence electrons. The second kappa shape index (κ2) is 25.7. The first-order valence-corrected chi connectivity index (χ1v) is 30.6. The number of fused-ring (bicyclic) bond motifs is 2. The zero-order valence-corrected chi connectivity index (χ0v) is 49.9. The molecule has 0 saturated carbocycles. The summed E-state index contributed by atoms with van der Waals surface area (Å²) in [7, 11) is 0. The Bertz CT molecular complexity index is 5080. The van der Waals surface area contributed by atoms with Gasteiger partial charge in [-0.2, -0.15) is 0 Å². The molecule has 8 nitrogen and oxygen atoms in total. The summed E-state index contributed by atoms with van der Waals surface area (Å²) in [4.78, 5) is 38.2. The summed E-state index contributed by atoms with van der Waals surface area (Å²) in [5.41, 5.74) is 19.2. The molecule has 0 amide bonds. The molecule has 0 radical (unpaired) electrons. The van der Waals surface area contributed by atoms with Gasteiger partial charge in [-0.15, -0.1) is 0 Å². The van der Waals surface area contributed by atoms with Crippen LogP contribution in [0.3, 0.4) is 0 Å². The molecule has 0 N–H and O–H groups in total. The van der Waals surface area contributed by atoms with Crippen molar-refractivity contribution in [3.63, 3.8) is 0 Å². The van der Waals surface area contributed by atoms with E-state index in [1.165, 1.54) is 49.4 Å². The lowest BCUT2D eigenvalue weighted by molar-refractivity contribution is 1.07. The highest BCUT2D eigenvalue weighted by atomic mass is 15.0. The molecule has 0 aliphatic heterocycles. The summed E-state index contributed by atoms with van der Waals surface area (Å²) in [5.74, 6) is 3.92. The van der Waals surface area contributed by atoms with Crippen molar-refractivity contribution in [2.45, 2.75) is 0 Å². The van der Waals surface area contributed by atoms with E-state index in [2.05, 4.69) is 180 Å². The highest BCUT2D eigenvalue weighted by molar-refractivity contribution is 6.05. The largest absolute Gasteiger partial charge is 0.256 e. The fourth-order valence-corrected chi connectivity index (χ4v) is 11.6. The summed E-state index contributed by atoms with van der Waals surface area (Å²) in [6.45, 7) is 0. The molecular weight excluding hydrogens is 1120 g/mol. The fraction of sp³-hybridized carbons (Fsp3) is 0. The molecule has 0 aliphatic carbocycles. The lowest BCUT2D eigenvalue weighted by atomic mass is 9.91. The van der Waals surface area contributed by atoms with Crippen molar-refractivity contribution in [1.82, 2.24) is 39.9 Å². The number of rotatable bonds is 12. The molecule has 0 aliphatic rings. The first-order chi connectivity index (χ1) is 45.6. The van der Waals surface area contributed by atoms with E-state index in [0.29, 0.717) is 34.9 Å². The Morgan fingerprint density at radius 1 is 0.163 bits per heavy atom. The lowest BCUT2D eigenvalue weighted by Crippen LogP contribution is -2.00. The Hall–Kier alpha value is -12.5. The Kier molecular flexibility index (Phi) is 15.6. The Morgan fingerprint density at radius 2 is 0.424 bits per heavy atom. The number of pyridine rings is 2. The van der Waals surface area contributed by atoms with Gasteiger partial charge in [0.25, 0.3) is 0 Å². The second-order valence-electron chi connectivity index (χ2n) is 22.3. The van der Waals surface area contributed by atoms with Gasteiger partial charge in [-0.05, 0) is 102 Å². The van der Waals surface area contributed by atoms with Crippen LogP contribution in [0.15, 0.2) is 340 Å². The van der Waals surface area contributed by atoms with Crippen LogP contribution in [-0.2, 0) is 0 Å². The molecule has 8 heteroatoms. The van der Waals surface area contributed by atoms with Gasteiger partial charge in [-0.1, -0.05) is 291 Å². The van der Waals surface area contributed by atoms with Crippen LogP contribution in [-0.4, -0.2) is 39.9 Å².